The molecule has 9 aromatic carbocycles. The smallest absolute Gasteiger partial charge is 0.509 e. The fourth-order valence-corrected chi connectivity index (χ4v) is 11.3. The first-order chi connectivity index (χ1) is 38.9. The molecule has 0 atom stereocenters. The number of hydrogen-bond acceptors (Lipinski definition) is 2. The second-order valence-electron chi connectivity index (χ2n) is 24.0. The Morgan fingerprint density at radius 3 is 1.68 bits per heavy atom. The van der Waals surface area contributed by atoms with Crippen LogP contribution in [0.4, 0.5) is 31.5 Å². The van der Waals surface area contributed by atoms with Crippen molar-refractivity contribution in [2.24, 2.45) is 0 Å². The Balaban J connectivity index is 0.00000705. The summed E-state index contributed by atoms with van der Waals surface area (Å²) in [4.78, 5) is 4.94. The molecule has 0 unspecified atom stereocenters. The van der Waals surface area contributed by atoms with Gasteiger partial charge in [-0.25, -0.2) is 13.8 Å². The fourth-order valence-electron chi connectivity index (χ4n) is 11.3. The van der Waals surface area contributed by atoms with Crippen molar-refractivity contribution in [1.82, 2.24) is 18.7 Å². The maximum atomic E-state index is 14.8. The van der Waals surface area contributed by atoms with E-state index in [1.165, 1.54) is 46.5 Å². The molecule has 0 saturated carbocycles. The molecule has 0 fully saturated rings. The summed E-state index contributed by atoms with van der Waals surface area (Å²) in [5, 5.41) is 2.13. The van der Waals surface area contributed by atoms with Crippen LogP contribution in [0.15, 0.2) is 194 Å². The zero-order valence-electron chi connectivity index (χ0n) is 47.9. The van der Waals surface area contributed by atoms with Crippen LogP contribution in [0.3, 0.4) is 0 Å². The van der Waals surface area contributed by atoms with Crippen LogP contribution in [0, 0.1) is 23.8 Å². The number of para-hydroxylation sites is 3. The largest absolute Gasteiger partial charge is 2.00 e. The Labute approximate surface area is 494 Å². The van der Waals surface area contributed by atoms with Crippen molar-refractivity contribution in [2.75, 3.05) is 0 Å². The summed E-state index contributed by atoms with van der Waals surface area (Å²) in [6.07, 6.45) is 1.89. The van der Waals surface area contributed by atoms with E-state index in [4.69, 9.17) is 9.72 Å². The van der Waals surface area contributed by atoms with Gasteiger partial charge in [0.25, 0.3) is 11.4 Å². The van der Waals surface area contributed by atoms with E-state index in [0.717, 1.165) is 89.2 Å². The average Bonchev–Trinajstić information content (AvgIpc) is 3.57. The van der Waals surface area contributed by atoms with Gasteiger partial charge in [0.15, 0.2) is 0 Å². The van der Waals surface area contributed by atoms with Gasteiger partial charge in [0.1, 0.15) is 23.1 Å². The average molecular weight is 1260 g/mol. The molecule has 82 heavy (non-hydrogen) atoms. The van der Waals surface area contributed by atoms with Gasteiger partial charge in [-0.15, -0.1) is 29.1 Å². The number of aromatic nitrogens is 2. The monoisotopic (exact) mass is 1260 g/mol. The normalized spacial score (nSPS) is 12.5. The second kappa shape index (κ2) is 21.9. The van der Waals surface area contributed by atoms with Gasteiger partial charge < -0.3 is 9.30 Å². The number of halogens is 2. The van der Waals surface area contributed by atoms with E-state index in [2.05, 4.69) is 222 Å². The van der Waals surface area contributed by atoms with Gasteiger partial charge in [0.05, 0.1) is 11.1 Å². The summed E-state index contributed by atoms with van der Waals surface area (Å²) in [6.45, 7) is 22.3. The van der Waals surface area contributed by atoms with Crippen molar-refractivity contribution in [2.45, 2.75) is 91.9 Å². The molecule has 0 saturated heterocycles. The molecule has 3 heterocycles. The first kappa shape index (κ1) is 55.6. The van der Waals surface area contributed by atoms with Gasteiger partial charge in [-0.2, -0.15) is 6.07 Å². The SMILES string of the molecule is CC(C)c1cc(-c2ccccc2)cc(C(C)C)c1-c1cc(Oc2[c-]c3c(cc2)c2ccccc2n3-c2cc(C(C)(C)C)ccn2)[c-]c([N+]2=C=[N+](c3c(-c4ccc(F)cc4)cc(C(C)(C)C)cc3-c3ccc(F)cc3)c3ccccc32)c1.[Pt+2]. The maximum Gasteiger partial charge on any atom is 2.00 e. The molecule has 408 valence electrons. The fraction of sp³-hybridized carbons (Fsp3) is 0.189. The number of pyridine rings is 1. The van der Waals surface area contributed by atoms with Gasteiger partial charge in [-0.1, -0.05) is 189 Å². The van der Waals surface area contributed by atoms with E-state index in [1.54, 1.807) is 0 Å². The zero-order chi connectivity index (χ0) is 56.5. The summed E-state index contributed by atoms with van der Waals surface area (Å²) >= 11 is 0. The summed E-state index contributed by atoms with van der Waals surface area (Å²) in [6, 6.07) is 73.7. The van der Waals surface area contributed by atoms with Gasteiger partial charge in [0.2, 0.25) is 5.69 Å². The Hall–Kier alpha value is -8.34. The van der Waals surface area contributed by atoms with Crippen LogP contribution in [-0.2, 0) is 31.9 Å². The Bertz CT molecular complexity index is 4230. The van der Waals surface area contributed by atoms with Gasteiger partial charge in [-0.05, 0) is 137 Å². The number of nitrogens with zero attached hydrogens (tertiary/aromatic N) is 4. The van der Waals surface area contributed by atoms with E-state index in [9.17, 15) is 8.78 Å². The topological polar surface area (TPSA) is 33.1 Å². The Morgan fingerprint density at radius 2 is 1.09 bits per heavy atom. The van der Waals surface area contributed by atoms with Crippen LogP contribution in [0.2, 0.25) is 0 Å². The van der Waals surface area contributed by atoms with Crippen molar-refractivity contribution in [3.63, 3.8) is 0 Å². The molecule has 0 radical (unpaired) electrons. The molecule has 2 aromatic heterocycles. The third-order valence-corrected chi connectivity index (χ3v) is 15.6. The Kier molecular flexibility index (Phi) is 14.8. The van der Waals surface area contributed by atoms with E-state index < -0.39 is 0 Å². The van der Waals surface area contributed by atoms with Gasteiger partial charge in [0, 0.05) is 35.3 Å². The molecule has 0 amide bonds. The van der Waals surface area contributed by atoms with Crippen molar-refractivity contribution in [3.8, 4) is 61.8 Å². The van der Waals surface area contributed by atoms with Crippen LogP contribution in [0.1, 0.15) is 103 Å². The number of rotatable bonds is 11. The summed E-state index contributed by atoms with van der Waals surface area (Å²) in [5.74, 6) is 1.50. The molecule has 1 aliphatic heterocycles. The molecule has 5 nitrogen and oxygen atoms in total. The minimum atomic E-state index is -0.325. The minimum Gasteiger partial charge on any atom is -0.509 e. The molecule has 12 rings (SSSR count). The summed E-state index contributed by atoms with van der Waals surface area (Å²) in [5.41, 5.74) is 17.3. The predicted molar refractivity (Wildman–Crippen MR) is 331 cm³/mol. The minimum absolute atomic E-state index is 0. The van der Waals surface area contributed by atoms with Gasteiger partial charge in [-0.3, -0.25) is 0 Å². The molecule has 1 aliphatic rings. The third kappa shape index (κ3) is 10.5. The van der Waals surface area contributed by atoms with Crippen LogP contribution >= 0.6 is 0 Å². The number of hydrogen-bond donors (Lipinski definition) is 0. The maximum absolute atomic E-state index is 14.8. The molecule has 11 aromatic rings. The molecule has 8 heteroatoms. The number of ether oxygens (including phenoxy) is 1. The van der Waals surface area contributed by atoms with Crippen LogP contribution < -0.4 is 13.9 Å². The molecule has 0 aliphatic carbocycles. The number of benzene rings is 9. The summed E-state index contributed by atoms with van der Waals surface area (Å²) in [7, 11) is 0. The standard InChI is InChI=1S/C74H64F2N4O.Pt/c1-46(2)62-38-51(48-18-12-11-13-19-48)39-63(47(3)4)71(62)52-36-57(43-59(37-52)81-58-32-33-61-60-20-14-15-21-66(60)80(69(61)44-58)70-42-53(34-35-77-70)73(5,6)7)78-45-79(68-23-17-16-22-67(68)78)72-64(49-24-28-55(75)29-25-49)40-54(74(8,9)10)41-65(72)50-26-30-56(76)31-27-50;/h11-42,46-47H,1-10H3;/q;+2. The number of fused-ring (bicyclic) bond motifs is 4. The van der Waals surface area contributed by atoms with E-state index in [0.29, 0.717) is 17.2 Å². The van der Waals surface area contributed by atoms with Crippen molar-refractivity contribution in [1.29, 1.82) is 0 Å². The van der Waals surface area contributed by atoms with Gasteiger partial charge >= 0.3 is 27.1 Å². The van der Waals surface area contributed by atoms with Crippen molar-refractivity contribution < 1.29 is 34.6 Å². The second-order valence-corrected chi connectivity index (χ2v) is 24.0. The van der Waals surface area contributed by atoms with E-state index in [-0.39, 0.29) is 55.4 Å². The first-order valence-electron chi connectivity index (χ1n) is 27.9. The quantitative estimate of drug-likeness (QED) is 0.0955. The van der Waals surface area contributed by atoms with Crippen molar-refractivity contribution in [3.05, 3.63) is 240 Å². The summed E-state index contributed by atoms with van der Waals surface area (Å²) < 4.78 is 43.1. The Morgan fingerprint density at radius 1 is 0.512 bits per heavy atom. The van der Waals surface area contributed by atoms with E-state index in [1.807, 2.05) is 48.7 Å². The molecular weight excluding hydrogens is 1190 g/mol. The first-order valence-corrected chi connectivity index (χ1v) is 27.9. The molecule has 0 spiro atoms. The zero-order valence-corrected chi connectivity index (χ0v) is 50.2. The van der Waals surface area contributed by atoms with Crippen LogP contribution in [0.25, 0.3) is 72.1 Å². The molecule has 0 N–H and O–H groups in total. The third-order valence-electron chi connectivity index (χ3n) is 15.6. The van der Waals surface area contributed by atoms with Crippen LogP contribution in [-0.4, -0.2) is 15.6 Å². The van der Waals surface area contributed by atoms with E-state index >= 15 is 0 Å². The van der Waals surface area contributed by atoms with Crippen LogP contribution in [0.5, 0.6) is 11.5 Å². The van der Waals surface area contributed by atoms with Crippen molar-refractivity contribution >= 4 is 50.6 Å². The molecular formula is C74H64F2N4OPt+2. The molecule has 0 bridgehead atoms. The predicted octanol–water partition coefficient (Wildman–Crippen LogP) is 20.2.